The molecule has 6 heteroatoms. The summed E-state index contributed by atoms with van der Waals surface area (Å²) >= 11 is 6.40. The molecule has 0 bridgehead atoms. The number of benzene rings is 2. The van der Waals surface area contributed by atoms with Gasteiger partial charge in [-0.05, 0) is 48.2 Å². The van der Waals surface area contributed by atoms with E-state index in [1.165, 1.54) is 13.2 Å². The van der Waals surface area contributed by atoms with Gasteiger partial charge in [-0.15, -0.1) is 0 Å². The van der Waals surface area contributed by atoms with E-state index in [2.05, 4.69) is 5.32 Å². The molecule has 1 aliphatic heterocycles. The third-order valence-corrected chi connectivity index (χ3v) is 4.52. The minimum absolute atomic E-state index is 0.197. The molecule has 4 nitrogen and oxygen atoms in total. The molecule has 0 saturated heterocycles. The van der Waals surface area contributed by atoms with Crippen molar-refractivity contribution in [2.24, 2.45) is 0 Å². The van der Waals surface area contributed by atoms with Crippen molar-refractivity contribution in [1.82, 2.24) is 5.32 Å². The number of hydrogen-bond donors (Lipinski definition) is 1. The van der Waals surface area contributed by atoms with E-state index in [1.54, 1.807) is 18.2 Å². The highest BCUT2D eigenvalue weighted by molar-refractivity contribution is 6.33. The van der Waals surface area contributed by atoms with Crippen molar-refractivity contribution in [1.29, 1.82) is 0 Å². The Bertz CT molecular complexity index is 807. The van der Waals surface area contributed by atoms with Gasteiger partial charge in [-0.2, -0.15) is 0 Å². The van der Waals surface area contributed by atoms with Crippen LogP contribution in [-0.2, 0) is 6.42 Å². The van der Waals surface area contributed by atoms with Crippen LogP contribution in [0.25, 0.3) is 0 Å². The van der Waals surface area contributed by atoms with E-state index in [0.29, 0.717) is 35.9 Å². The van der Waals surface area contributed by atoms with Gasteiger partial charge < -0.3 is 14.8 Å². The van der Waals surface area contributed by atoms with Gasteiger partial charge in [0.1, 0.15) is 6.61 Å². The number of carbonyl (C=O) groups excluding carboxylic acids is 1. The van der Waals surface area contributed by atoms with Gasteiger partial charge in [0.15, 0.2) is 17.3 Å². The van der Waals surface area contributed by atoms with Crippen molar-refractivity contribution in [3.8, 4) is 11.5 Å². The topological polar surface area (TPSA) is 47.6 Å². The Morgan fingerprint density at radius 1 is 1.38 bits per heavy atom. The van der Waals surface area contributed by atoms with Gasteiger partial charge in [0.2, 0.25) is 0 Å². The Labute approximate surface area is 144 Å². The maximum atomic E-state index is 13.9. The summed E-state index contributed by atoms with van der Waals surface area (Å²) in [5, 5.41) is 3.19. The number of hydrogen-bond acceptors (Lipinski definition) is 3. The molecule has 0 aromatic heterocycles. The molecule has 0 fully saturated rings. The van der Waals surface area contributed by atoms with Crippen molar-refractivity contribution < 1.29 is 18.7 Å². The van der Waals surface area contributed by atoms with E-state index in [1.807, 2.05) is 6.92 Å². The molecule has 1 amide bonds. The first-order valence-electron chi connectivity index (χ1n) is 7.56. The van der Waals surface area contributed by atoms with Gasteiger partial charge in [-0.3, -0.25) is 4.79 Å². The molecule has 126 valence electrons. The van der Waals surface area contributed by atoms with Crippen LogP contribution in [0.5, 0.6) is 11.5 Å². The lowest BCUT2D eigenvalue weighted by molar-refractivity contribution is 0.0957. The predicted molar refractivity (Wildman–Crippen MR) is 89.8 cm³/mol. The third-order valence-electron chi connectivity index (χ3n) is 4.06. The summed E-state index contributed by atoms with van der Waals surface area (Å²) in [6.07, 6.45) is 0.451. The van der Waals surface area contributed by atoms with E-state index in [-0.39, 0.29) is 11.7 Å². The van der Waals surface area contributed by atoms with Crippen molar-refractivity contribution >= 4 is 17.5 Å². The number of carbonyl (C=O) groups is 1. The van der Waals surface area contributed by atoms with Crippen LogP contribution < -0.4 is 14.8 Å². The van der Waals surface area contributed by atoms with Gasteiger partial charge in [0.05, 0.1) is 24.2 Å². The summed E-state index contributed by atoms with van der Waals surface area (Å²) in [5.74, 6) is -0.0295. The Morgan fingerprint density at radius 2 is 2.17 bits per heavy atom. The number of rotatable bonds is 3. The lowest BCUT2D eigenvalue weighted by atomic mass is 9.97. The van der Waals surface area contributed by atoms with Gasteiger partial charge in [0.25, 0.3) is 5.91 Å². The second-order valence-electron chi connectivity index (χ2n) is 5.60. The zero-order valence-corrected chi connectivity index (χ0v) is 14.2. The van der Waals surface area contributed by atoms with Crippen molar-refractivity contribution in [3.63, 3.8) is 0 Å². The van der Waals surface area contributed by atoms with Crippen LogP contribution in [-0.4, -0.2) is 26.2 Å². The normalized spacial score (nSPS) is 13.6. The number of fused-ring (bicyclic) bond motifs is 1. The van der Waals surface area contributed by atoms with Crippen LogP contribution in [0.2, 0.25) is 5.02 Å². The minimum atomic E-state index is -0.422. The molecule has 0 unspecified atom stereocenters. The minimum Gasteiger partial charge on any atom is -0.494 e. The number of methoxy groups -OCH3 is 1. The molecule has 2 aromatic rings. The van der Waals surface area contributed by atoms with Gasteiger partial charge in [-0.25, -0.2) is 4.39 Å². The third kappa shape index (κ3) is 3.04. The van der Waals surface area contributed by atoms with Crippen LogP contribution in [0.4, 0.5) is 4.39 Å². The summed E-state index contributed by atoms with van der Waals surface area (Å²) in [5.41, 5.74) is 2.85. The van der Waals surface area contributed by atoms with E-state index < -0.39 is 5.82 Å². The molecular weight excluding hydrogens is 333 g/mol. The second-order valence-corrected chi connectivity index (χ2v) is 5.98. The van der Waals surface area contributed by atoms with Crippen LogP contribution >= 0.6 is 11.6 Å². The lowest BCUT2D eigenvalue weighted by Gasteiger charge is -2.15. The first kappa shape index (κ1) is 16.6. The fraction of sp³-hybridized carbons (Fsp3) is 0.278. The lowest BCUT2D eigenvalue weighted by Crippen LogP contribution is -2.24. The molecule has 0 radical (unpaired) electrons. The molecule has 1 N–H and O–H groups in total. The standard InChI is InChI=1S/C18H17ClFNO3/c1-10-12(7-11-3-4-15(23-2)14(20)8-11)9-13-17(16(10)19)24-6-5-21-18(13)22/h3-4,8-9H,5-7H2,1-2H3,(H,21,22). The highest BCUT2D eigenvalue weighted by atomic mass is 35.5. The average Bonchev–Trinajstić information content (AvgIpc) is 2.75. The predicted octanol–water partition coefficient (Wildman–Crippen LogP) is 3.51. The van der Waals surface area contributed by atoms with Crippen LogP contribution in [0.1, 0.15) is 27.0 Å². The fourth-order valence-corrected chi connectivity index (χ4v) is 3.00. The Kier molecular flexibility index (Phi) is 4.62. The maximum absolute atomic E-state index is 13.9. The van der Waals surface area contributed by atoms with E-state index in [9.17, 15) is 9.18 Å². The Hall–Kier alpha value is -2.27. The molecule has 0 spiro atoms. The van der Waals surface area contributed by atoms with E-state index in [4.69, 9.17) is 21.1 Å². The zero-order valence-electron chi connectivity index (χ0n) is 13.4. The van der Waals surface area contributed by atoms with Crippen molar-refractivity contribution in [2.75, 3.05) is 20.3 Å². The van der Waals surface area contributed by atoms with Crippen molar-refractivity contribution in [2.45, 2.75) is 13.3 Å². The average molecular weight is 350 g/mol. The Balaban J connectivity index is 2.01. The SMILES string of the molecule is COc1ccc(Cc2cc3c(c(Cl)c2C)OCCNC3=O)cc1F. The molecular formula is C18H17ClFNO3. The molecule has 24 heavy (non-hydrogen) atoms. The first-order chi connectivity index (χ1) is 11.5. The maximum Gasteiger partial charge on any atom is 0.255 e. The first-order valence-corrected chi connectivity index (χ1v) is 7.94. The molecule has 2 aromatic carbocycles. The van der Waals surface area contributed by atoms with E-state index in [0.717, 1.165) is 16.7 Å². The molecule has 1 heterocycles. The second kappa shape index (κ2) is 6.69. The Morgan fingerprint density at radius 3 is 2.88 bits per heavy atom. The summed E-state index contributed by atoms with van der Waals surface area (Å²) in [4.78, 5) is 12.2. The number of halogens is 2. The molecule has 1 aliphatic rings. The van der Waals surface area contributed by atoms with Gasteiger partial charge >= 0.3 is 0 Å². The van der Waals surface area contributed by atoms with E-state index >= 15 is 0 Å². The number of nitrogens with one attached hydrogen (secondary N) is 1. The highest BCUT2D eigenvalue weighted by Crippen LogP contribution is 2.36. The summed E-state index contributed by atoms with van der Waals surface area (Å²) in [7, 11) is 1.42. The van der Waals surface area contributed by atoms with Crippen molar-refractivity contribution in [3.05, 3.63) is 57.4 Å². The van der Waals surface area contributed by atoms with Gasteiger partial charge in [-0.1, -0.05) is 17.7 Å². The smallest absolute Gasteiger partial charge is 0.255 e. The summed E-state index contributed by atoms with van der Waals surface area (Å²) in [6, 6.07) is 6.56. The zero-order chi connectivity index (χ0) is 17.3. The van der Waals surface area contributed by atoms with Crippen LogP contribution in [0, 0.1) is 12.7 Å². The summed E-state index contributed by atoms with van der Waals surface area (Å²) < 4.78 is 24.4. The number of amides is 1. The number of ether oxygens (including phenoxy) is 2. The molecule has 0 saturated carbocycles. The monoisotopic (exact) mass is 349 g/mol. The molecule has 0 aliphatic carbocycles. The highest BCUT2D eigenvalue weighted by Gasteiger charge is 2.22. The fourth-order valence-electron chi connectivity index (χ4n) is 2.72. The molecule has 3 rings (SSSR count). The quantitative estimate of drug-likeness (QED) is 0.922. The summed E-state index contributed by atoms with van der Waals surface area (Å²) in [6.45, 7) is 2.67. The largest absolute Gasteiger partial charge is 0.494 e. The van der Waals surface area contributed by atoms with Gasteiger partial charge in [0, 0.05) is 0 Å². The van der Waals surface area contributed by atoms with Crippen LogP contribution in [0.15, 0.2) is 24.3 Å². The molecule has 0 atom stereocenters. The van der Waals surface area contributed by atoms with Crippen LogP contribution in [0.3, 0.4) is 0 Å².